The fourth-order valence-electron chi connectivity index (χ4n) is 1.16. The largest absolute Gasteiger partial charge is 0.348 e. The lowest BCUT2D eigenvalue weighted by atomic mass is 10.1. The molecule has 1 aromatic rings. The van der Waals surface area contributed by atoms with Gasteiger partial charge in [-0.05, 0) is 18.9 Å². The Kier molecular flexibility index (Phi) is 4.65. The first-order valence-corrected chi connectivity index (χ1v) is 5.76. The number of hydrogen-bond acceptors (Lipinski definition) is 2. The molecule has 0 aliphatic carbocycles. The van der Waals surface area contributed by atoms with E-state index in [9.17, 15) is 4.79 Å². The molecule has 0 spiro atoms. The van der Waals surface area contributed by atoms with E-state index in [2.05, 4.69) is 38.4 Å². The van der Waals surface area contributed by atoms with Crippen molar-refractivity contribution in [3.63, 3.8) is 0 Å². The van der Waals surface area contributed by atoms with E-state index in [1.54, 1.807) is 12.3 Å². The molecule has 4 nitrogen and oxygen atoms in total. The van der Waals surface area contributed by atoms with E-state index in [-0.39, 0.29) is 11.9 Å². The van der Waals surface area contributed by atoms with Crippen LogP contribution in [0.1, 0.15) is 30.3 Å². The van der Waals surface area contributed by atoms with E-state index in [1.165, 1.54) is 0 Å². The molecule has 0 aliphatic rings. The summed E-state index contributed by atoms with van der Waals surface area (Å²) < 4.78 is 0. The molecule has 0 aliphatic heterocycles. The number of aromatic nitrogens is 2. The zero-order valence-corrected chi connectivity index (χ0v) is 9.67. The number of hydrogen-bond donors (Lipinski definition) is 2. The average Bonchev–Trinajstić information content (AvgIpc) is 2.69. The van der Waals surface area contributed by atoms with Gasteiger partial charge in [-0.25, -0.2) is 0 Å². The van der Waals surface area contributed by atoms with Gasteiger partial charge < -0.3 is 5.32 Å². The molecule has 1 heterocycles. The Bertz CT molecular complexity index is 274. The molecule has 0 saturated heterocycles. The predicted octanol–water partition coefficient (Wildman–Crippen LogP) is 1.70. The summed E-state index contributed by atoms with van der Waals surface area (Å²) in [7, 11) is 0. The lowest BCUT2D eigenvalue weighted by molar-refractivity contribution is 0.0930. The van der Waals surface area contributed by atoms with E-state index < -0.39 is 0 Å². The van der Waals surface area contributed by atoms with Crippen molar-refractivity contribution in [1.82, 2.24) is 15.5 Å². The third kappa shape index (κ3) is 3.14. The van der Waals surface area contributed by atoms with Crippen LogP contribution in [0.4, 0.5) is 0 Å². The molecular formula is C9H14BrN3O. The number of rotatable bonds is 5. The molecule has 0 radical (unpaired) electrons. The van der Waals surface area contributed by atoms with Crippen LogP contribution in [0.5, 0.6) is 0 Å². The topological polar surface area (TPSA) is 57.8 Å². The van der Waals surface area contributed by atoms with Crippen molar-refractivity contribution >= 4 is 21.8 Å². The van der Waals surface area contributed by atoms with Gasteiger partial charge in [0, 0.05) is 17.6 Å². The summed E-state index contributed by atoms with van der Waals surface area (Å²) in [6, 6.07) is 1.89. The minimum atomic E-state index is -0.0877. The summed E-state index contributed by atoms with van der Waals surface area (Å²) in [4.78, 5) is 11.6. The molecule has 0 bridgehead atoms. The van der Waals surface area contributed by atoms with Gasteiger partial charge in [-0.3, -0.25) is 9.89 Å². The number of aromatic amines is 1. The highest BCUT2D eigenvalue weighted by molar-refractivity contribution is 9.09. The summed E-state index contributed by atoms with van der Waals surface area (Å²) in [5.74, 6) is -0.0877. The van der Waals surface area contributed by atoms with Crippen LogP contribution in [0.3, 0.4) is 0 Å². The van der Waals surface area contributed by atoms with Crippen molar-refractivity contribution in [3.8, 4) is 0 Å². The Labute approximate surface area is 91.6 Å². The number of H-pyrrole nitrogens is 1. The fourth-order valence-corrected chi connectivity index (χ4v) is 1.71. The zero-order valence-electron chi connectivity index (χ0n) is 8.09. The zero-order chi connectivity index (χ0) is 10.4. The van der Waals surface area contributed by atoms with Crippen LogP contribution < -0.4 is 5.32 Å². The van der Waals surface area contributed by atoms with Gasteiger partial charge in [-0.15, -0.1) is 0 Å². The molecule has 5 heteroatoms. The SMILES string of the molecule is CCC(CCBr)NC(=O)c1ccn[nH]1. The smallest absolute Gasteiger partial charge is 0.269 e. The van der Waals surface area contributed by atoms with Crippen molar-refractivity contribution in [3.05, 3.63) is 18.0 Å². The lowest BCUT2D eigenvalue weighted by Gasteiger charge is -2.14. The molecule has 0 saturated carbocycles. The maximum Gasteiger partial charge on any atom is 0.269 e. The van der Waals surface area contributed by atoms with E-state index in [1.807, 2.05) is 0 Å². The third-order valence-corrected chi connectivity index (χ3v) is 2.49. The highest BCUT2D eigenvalue weighted by atomic mass is 79.9. The second-order valence-electron chi connectivity index (χ2n) is 3.03. The number of amides is 1. The first-order valence-electron chi connectivity index (χ1n) is 4.64. The predicted molar refractivity (Wildman–Crippen MR) is 58.5 cm³/mol. The summed E-state index contributed by atoms with van der Waals surface area (Å²) >= 11 is 3.36. The Hall–Kier alpha value is -0.840. The maximum absolute atomic E-state index is 11.6. The molecule has 14 heavy (non-hydrogen) atoms. The van der Waals surface area contributed by atoms with Crippen molar-refractivity contribution in [2.24, 2.45) is 0 Å². The number of carbonyl (C=O) groups is 1. The van der Waals surface area contributed by atoms with E-state index >= 15 is 0 Å². The lowest BCUT2D eigenvalue weighted by Crippen LogP contribution is -2.34. The molecule has 0 fully saturated rings. The van der Waals surface area contributed by atoms with E-state index in [4.69, 9.17) is 0 Å². The second-order valence-corrected chi connectivity index (χ2v) is 3.82. The molecule has 2 N–H and O–H groups in total. The molecular weight excluding hydrogens is 246 g/mol. The minimum Gasteiger partial charge on any atom is -0.348 e. The van der Waals surface area contributed by atoms with Crippen molar-refractivity contribution in [2.75, 3.05) is 5.33 Å². The minimum absolute atomic E-state index is 0.0877. The quantitative estimate of drug-likeness (QED) is 0.792. The van der Waals surface area contributed by atoms with Gasteiger partial charge in [0.05, 0.1) is 0 Å². The summed E-state index contributed by atoms with van der Waals surface area (Å²) in [5, 5.41) is 10.2. The van der Waals surface area contributed by atoms with Gasteiger partial charge in [0.1, 0.15) is 5.69 Å². The Morgan fingerprint density at radius 3 is 3.07 bits per heavy atom. The number of alkyl halides is 1. The molecule has 1 amide bonds. The molecule has 1 rings (SSSR count). The summed E-state index contributed by atoms with van der Waals surface area (Å²) in [6.07, 6.45) is 3.45. The van der Waals surface area contributed by atoms with Crippen LogP contribution in [0, 0.1) is 0 Å². The fraction of sp³-hybridized carbons (Fsp3) is 0.556. The van der Waals surface area contributed by atoms with Crippen LogP contribution in [-0.2, 0) is 0 Å². The molecule has 0 aromatic carbocycles. The van der Waals surface area contributed by atoms with Gasteiger partial charge in [0.2, 0.25) is 0 Å². The second kappa shape index (κ2) is 5.80. The third-order valence-electron chi connectivity index (χ3n) is 2.03. The van der Waals surface area contributed by atoms with Crippen LogP contribution in [-0.4, -0.2) is 27.5 Å². The van der Waals surface area contributed by atoms with Crippen molar-refractivity contribution in [2.45, 2.75) is 25.8 Å². The summed E-state index contributed by atoms with van der Waals surface area (Å²) in [5.41, 5.74) is 0.512. The highest BCUT2D eigenvalue weighted by Crippen LogP contribution is 2.02. The first kappa shape index (κ1) is 11.2. The first-order chi connectivity index (χ1) is 6.77. The number of nitrogens with one attached hydrogen (secondary N) is 2. The van der Waals surface area contributed by atoms with Gasteiger partial charge in [0.25, 0.3) is 5.91 Å². The van der Waals surface area contributed by atoms with Crippen LogP contribution in [0.25, 0.3) is 0 Å². The monoisotopic (exact) mass is 259 g/mol. The van der Waals surface area contributed by atoms with Crippen LogP contribution >= 0.6 is 15.9 Å². The maximum atomic E-state index is 11.6. The molecule has 1 aromatic heterocycles. The van der Waals surface area contributed by atoms with Gasteiger partial charge in [0.15, 0.2) is 0 Å². The Morgan fingerprint density at radius 2 is 2.57 bits per heavy atom. The molecule has 1 unspecified atom stereocenters. The molecule has 78 valence electrons. The van der Waals surface area contributed by atoms with E-state index in [0.717, 1.165) is 18.2 Å². The number of halogens is 1. The van der Waals surface area contributed by atoms with Crippen molar-refractivity contribution in [1.29, 1.82) is 0 Å². The van der Waals surface area contributed by atoms with Crippen LogP contribution in [0.2, 0.25) is 0 Å². The van der Waals surface area contributed by atoms with Gasteiger partial charge >= 0.3 is 0 Å². The summed E-state index contributed by atoms with van der Waals surface area (Å²) in [6.45, 7) is 2.06. The van der Waals surface area contributed by atoms with Gasteiger partial charge in [-0.2, -0.15) is 5.10 Å². The Morgan fingerprint density at radius 1 is 1.79 bits per heavy atom. The average molecular weight is 260 g/mol. The van der Waals surface area contributed by atoms with Crippen molar-refractivity contribution < 1.29 is 4.79 Å². The standard InChI is InChI=1S/C9H14BrN3O/c1-2-7(3-5-10)12-9(14)8-4-6-11-13-8/h4,6-7H,2-3,5H2,1H3,(H,11,13)(H,12,14). The Balaban J connectivity index is 2.47. The molecule has 1 atom stereocenters. The normalized spacial score (nSPS) is 12.4. The van der Waals surface area contributed by atoms with Gasteiger partial charge in [-0.1, -0.05) is 22.9 Å². The number of carbonyl (C=O) groups excluding carboxylic acids is 1. The highest BCUT2D eigenvalue weighted by Gasteiger charge is 2.11. The number of nitrogens with zero attached hydrogens (tertiary/aromatic N) is 1. The van der Waals surface area contributed by atoms with E-state index in [0.29, 0.717) is 5.69 Å². The van der Waals surface area contributed by atoms with Crippen LogP contribution in [0.15, 0.2) is 12.3 Å².